The van der Waals surface area contributed by atoms with Gasteiger partial charge in [0.2, 0.25) is 17.7 Å². The minimum absolute atomic E-state index is 0.0107. The first-order chi connectivity index (χ1) is 27.9. The van der Waals surface area contributed by atoms with E-state index in [-0.39, 0.29) is 61.8 Å². The summed E-state index contributed by atoms with van der Waals surface area (Å²) in [7, 11) is 0. The zero-order valence-electron chi connectivity index (χ0n) is 32.3. The third kappa shape index (κ3) is 15.9. The first kappa shape index (κ1) is 45.4. The quantitative estimate of drug-likeness (QED) is 0.0307. The Hall–Kier alpha value is -5.26. The molecule has 3 aromatic rings. The van der Waals surface area contributed by atoms with Crippen LogP contribution in [0.4, 0.5) is 4.79 Å². The predicted molar refractivity (Wildman–Crippen MR) is 223 cm³/mol. The molecule has 0 bridgehead atoms. The summed E-state index contributed by atoms with van der Waals surface area (Å²) in [5.74, 6) is -3.15. The van der Waals surface area contributed by atoms with Crippen LogP contribution in [0.2, 0.25) is 0 Å². The molecule has 5 amide bonds. The van der Waals surface area contributed by atoms with Crippen molar-refractivity contribution in [3.8, 4) is 0 Å². The minimum atomic E-state index is -1.46. The smallest absolute Gasteiger partial charge is 0.326 e. The van der Waals surface area contributed by atoms with E-state index in [1.54, 1.807) is 0 Å². The van der Waals surface area contributed by atoms with E-state index in [1.807, 2.05) is 66.7 Å². The van der Waals surface area contributed by atoms with E-state index in [4.69, 9.17) is 9.84 Å². The fourth-order valence-electron chi connectivity index (χ4n) is 6.89. The Labute approximate surface area is 350 Å². The number of ether oxygens (including phenoxy) is 1. The number of aliphatic carboxylic acids is 2. The van der Waals surface area contributed by atoms with Gasteiger partial charge in [-0.15, -0.1) is 0 Å². The van der Waals surface area contributed by atoms with Gasteiger partial charge in [0, 0.05) is 48.3 Å². The van der Waals surface area contributed by atoms with Gasteiger partial charge in [0.1, 0.15) is 12.1 Å². The first-order valence-electron chi connectivity index (χ1n) is 19.6. The number of carboxylic acids is 2. The lowest BCUT2D eigenvalue weighted by atomic mass is 9.81. The number of rotatable bonds is 23. The number of fused-ring (bicyclic) bond motifs is 1. The Morgan fingerprint density at radius 1 is 0.776 bits per heavy atom. The molecular formula is C42H52IN5O10. The third-order valence-electron chi connectivity index (χ3n) is 10.2. The Kier molecular flexibility index (Phi) is 18.7. The lowest BCUT2D eigenvalue weighted by molar-refractivity contribution is -0.141. The molecule has 0 spiro atoms. The summed E-state index contributed by atoms with van der Waals surface area (Å²) in [6.07, 6.45) is 3.28. The van der Waals surface area contributed by atoms with Crippen LogP contribution in [0.3, 0.4) is 0 Å². The predicted octanol–water partition coefficient (Wildman–Crippen LogP) is 4.43. The molecule has 1 fully saturated rings. The van der Waals surface area contributed by atoms with Crippen molar-refractivity contribution in [3.63, 3.8) is 0 Å². The number of carbonyl (C=O) groups is 7. The fraction of sp³-hybridized carbons (Fsp3) is 0.452. The molecule has 1 aliphatic carbocycles. The number of halogens is 1. The van der Waals surface area contributed by atoms with E-state index >= 15 is 0 Å². The number of amides is 5. The van der Waals surface area contributed by atoms with Gasteiger partial charge in [-0.25, -0.2) is 9.59 Å². The van der Waals surface area contributed by atoms with Gasteiger partial charge in [0.25, 0.3) is 6.47 Å². The van der Waals surface area contributed by atoms with Gasteiger partial charge in [-0.3, -0.25) is 24.0 Å². The molecule has 7 N–H and O–H groups in total. The zero-order valence-corrected chi connectivity index (χ0v) is 34.4. The molecule has 1 saturated carbocycles. The molecule has 0 unspecified atom stereocenters. The van der Waals surface area contributed by atoms with Crippen molar-refractivity contribution in [2.45, 2.75) is 95.4 Å². The molecule has 15 nitrogen and oxygen atoms in total. The first-order valence-corrected chi connectivity index (χ1v) is 20.7. The van der Waals surface area contributed by atoms with Gasteiger partial charge < -0.3 is 41.5 Å². The lowest BCUT2D eigenvalue weighted by Gasteiger charge is -2.29. The van der Waals surface area contributed by atoms with Crippen LogP contribution in [0.15, 0.2) is 66.7 Å². The minimum Gasteiger partial charge on any atom is -0.481 e. The highest BCUT2D eigenvalue weighted by Crippen LogP contribution is 2.29. The molecule has 0 aliphatic heterocycles. The molecule has 0 radical (unpaired) electrons. The fourth-order valence-corrected chi connectivity index (χ4v) is 7.25. The Morgan fingerprint density at radius 2 is 1.48 bits per heavy atom. The summed E-state index contributed by atoms with van der Waals surface area (Å²) in [5, 5.41) is 33.7. The second kappa shape index (κ2) is 23.8. The molecule has 1 aliphatic rings. The number of unbranched alkanes of at least 4 members (excludes halogenated alkanes) is 1. The molecule has 312 valence electrons. The molecule has 0 saturated heterocycles. The van der Waals surface area contributed by atoms with Gasteiger partial charge in [0.05, 0.1) is 0 Å². The number of hydrogen-bond donors (Lipinski definition) is 7. The van der Waals surface area contributed by atoms with Gasteiger partial charge in [-0.1, -0.05) is 54.6 Å². The molecule has 0 heterocycles. The Bertz CT molecular complexity index is 1870. The summed E-state index contributed by atoms with van der Waals surface area (Å²) in [4.78, 5) is 85.4. The number of aryl methyl sites for hydroxylation is 1. The number of benzene rings is 3. The van der Waals surface area contributed by atoms with Crippen molar-refractivity contribution in [2.24, 2.45) is 11.8 Å². The number of urea groups is 1. The van der Waals surface area contributed by atoms with Crippen LogP contribution in [0.5, 0.6) is 0 Å². The SMILES string of the molecule is O=CO[C@H](CCCCNC(=O)[C@H](Cc1ccc2ccccc2c1)NC(=O)C1CCC(CNC(=O)CCc2ccc(I)cc2)CC1)NC(=O)N[C@@H](CCC(=O)O)C(=O)O. The summed E-state index contributed by atoms with van der Waals surface area (Å²) in [6, 6.07) is 18.7. The largest absolute Gasteiger partial charge is 0.481 e. The maximum atomic E-state index is 13.6. The van der Waals surface area contributed by atoms with Crippen LogP contribution in [0.25, 0.3) is 10.8 Å². The van der Waals surface area contributed by atoms with Gasteiger partial charge >= 0.3 is 18.0 Å². The monoisotopic (exact) mass is 913 g/mol. The number of nitrogens with one attached hydrogen (secondary N) is 5. The van der Waals surface area contributed by atoms with Crippen molar-refractivity contribution in [3.05, 3.63) is 81.4 Å². The highest BCUT2D eigenvalue weighted by Gasteiger charge is 2.30. The normalized spacial score (nSPS) is 16.5. The van der Waals surface area contributed by atoms with Gasteiger partial charge in [0.15, 0.2) is 6.23 Å². The highest BCUT2D eigenvalue weighted by molar-refractivity contribution is 14.1. The van der Waals surface area contributed by atoms with E-state index in [0.717, 1.165) is 38.3 Å². The van der Waals surface area contributed by atoms with Crippen molar-refractivity contribution < 1.29 is 48.5 Å². The summed E-state index contributed by atoms with van der Waals surface area (Å²) in [5.41, 5.74) is 2.00. The second-order valence-electron chi connectivity index (χ2n) is 14.5. The van der Waals surface area contributed by atoms with Crippen LogP contribution in [-0.4, -0.2) is 83.8 Å². The summed E-state index contributed by atoms with van der Waals surface area (Å²) >= 11 is 2.25. The van der Waals surface area contributed by atoms with Crippen LogP contribution in [-0.2, 0) is 46.3 Å². The van der Waals surface area contributed by atoms with E-state index in [1.165, 1.54) is 0 Å². The zero-order chi connectivity index (χ0) is 41.9. The number of hydrogen-bond acceptors (Lipinski definition) is 8. The molecule has 3 aromatic carbocycles. The van der Waals surface area contributed by atoms with Crippen molar-refractivity contribution >= 4 is 75.5 Å². The van der Waals surface area contributed by atoms with Crippen molar-refractivity contribution in [1.29, 1.82) is 0 Å². The van der Waals surface area contributed by atoms with Gasteiger partial charge in [-0.2, -0.15) is 0 Å². The molecule has 0 aromatic heterocycles. The van der Waals surface area contributed by atoms with Crippen molar-refractivity contribution in [2.75, 3.05) is 13.1 Å². The average Bonchev–Trinajstić information content (AvgIpc) is 3.20. The Balaban J connectivity index is 1.25. The average molecular weight is 914 g/mol. The number of carboxylic acid groups (broad SMARTS) is 2. The summed E-state index contributed by atoms with van der Waals surface area (Å²) in [6.45, 7) is 0.934. The van der Waals surface area contributed by atoms with Crippen LogP contribution < -0.4 is 26.6 Å². The molecule has 3 atom stereocenters. The lowest BCUT2D eigenvalue weighted by Crippen LogP contribution is -2.50. The maximum Gasteiger partial charge on any atom is 0.326 e. The van der Waals surface area contributed by atoms with Gasteiger partial charge in [-0.05, 0) is 114 Å². The van der Waals surface area contributed by atoms with Crippen LogP contribution in [0.1, 0.15) is 75.3 Å². The van der Waals surface area contributed by atoms with Crippen LogP contribution >= 0.6 is 22.6 Å². The van der Waals surface area contributed by atoms with E-state index < -0.39 is 42.7 Å². The topological polar surface area (TPSA) is 229 Å². The van der Waals surface area contributed by atoms with E-state index in [9.17, 15) is 38.7 Å². The molecule has 16 heteroatoms. The standard InChI is InChI=1S/C42H52IN5O10/c43-33-17-11-27(12-18-33)13-20-36(50)45-25-28-8-15-31(16-9-28)39(53)46-35(24-29-10-14-30-5-1-2-6-32(30)23-29)40(54)44-22-4-3-7-37(58-26-49)48-42(57)47-34(41(55)56)19-21-38(51)52/h1-2,5-6,10-12,14,17-18,23,26,28,31,34-35,37H,3-4,7-9,13,15-16,19-22,24-25H2,(H,44,54)(H,45,50)(H,46,53)(H,51,52)(H,55,56)(H2,47,48,57)/t28?,31?,34-,35-,37+/m0/s1. The maximum absolute atomic E-state index is 13.6. The molecule has 4 rings (SSSR count). The van der Waals surface area contributed by atoms with Crippen LogP contribution in [0, 0.1) is 15.4 Å². The summed E-state index contributed by atoms with van der Waals surface area (Å²) < 4.78 is 6.08. The third-order valence-corrected chi connectivity index (χ3v) is 10.9. The highest BCUT2D eigenvalue weighted by atomic mass is 127. The second-order valence-corrected chi connectivity index (χ2v) is 15.8. The number of carbonyl (C=O) groups excluding carboxylic acids is 5. The van der Waals surface area contributed by atoms with Crippen molar-refractivity contribution in [1.82, 2.24) is 26.6 Å². The Morgan fingerprint density at radius 3 is 2.17 bits per heavy atom. The molecule has 58 heavy (non-hydrogen) atoms. The van der Waals surface area contributed by atoms with E-state index in [2.05, 4.69) is 49.2 Å². The van der Waals surface area contributed by atoms with E-state index in [0.29, 0.717) is 45.1 Å². The molecular weight excluding hydrogens is 861 g/mol.